The van der Waals surface area contributed by atoms with E-state index in [-0.39, 0.29) is 11.9 Å². The zero-order valence-electron chi connectivity index (χ0n) is 7.35. The van der Waals surface area contributed by atoms with Crippen LogP contribution in [0.2, 0.25) is 0 Å². The van der Waals surface area contributed by atoms with Crippen LogP contribution in [-0.4, -0.2) is 18.5 Å². The highest BCUT2D eigenvalue weighted by Crippen LogP contribution is 1.88. The van der Waals surface area contributed by atoms with Gasteiger partial charge in [-0.05, 0) is 20.8 Å². The molecule has 0 aliphatic heterocycles. The first-order chi connectivity index (χ1) is 5.06. The minimum Gasteiger partial charge on any atom is -0.349 e. The van der Waals surface area contributed by atoms with Gasteiger partial charge in [0.2, 0.25) is 5.91 Å². The largest absolute Gasteiger partial charge is 0.349 e. The summed E-state index contributed by atoms with van der Waals surface area (Å²) in [7, 11) is 0. The smallest absolute Gasteiger partial charge is 0.244 e. The van der Waals surface area contributed by atoms with Gasteiger partial charge in [0.05, 0.1) is 0 Å². The van der Waals surface area contributed by atoms with E-state index in [4.69, 9.17) is 5.73 Å². The molecule has 0 unspecified atom stereocenters. The predicted molar refractivity (Wildman–Crippen MR) is 46.1 cm³/mol. The van der Waals surface area contributed by atoms with Gasteiger partial charge in [0.15, 0.2) is 0 Å². The fourth-order valence-corrected chi connectivity index (χ4v) is 0.606. The van der Waals surface area contributed by atoms with Gasteiger partial charge in [-0.3, -0.25) is 4.79 Å². The van der Waals surface area contributed by atoms with Crippen molar-refractivity contribution >= 4 is 5.91 Å². The molecule has 0 saturated carbocycles. The lowest BCUT2D eigenvalue weighted by Gasteiger charge is -2.08. The molecule has 64 valence electrons. The van der Waals surface area contributed by atoms with Crippen molar-refractivity contribution in [2.45, 2.75) is 26.8 Å². The zero-order chi connectivity index (χ0) is 8.85. The molecule has 0 spiro atoms. The fraction of sp³-hybridized carbons (Fsp3) is 0.625. The van der Waals surface area contributed by atoms with Crippen LogP contribution in [0.25, 0.3) is 0 Å². The summed E-state index contributed by atoms with van der Waals surface area (Å²) >= 11 is 0. The second-order valence-electron chi connectivity index (χ2n) is 2.87. The van der Waals surface area contributed by atoms with Gasteiger partial charge in [-0.1, -0.05) is 5.57 Å². The maximum atomic E-state index is 11.0. The Balaban J connectivity index is 3.79. The Morgan fingerprint density at radius 3 is 2.55 bits per heavy atom. The highest BCUT2D eigenvalue weighted by molar-refractivity contribution is 5.88. The Hall–Kier alpha value is -0.830. The molecular weight excluding hydrogens is 140 g/mol. The number of hydrogen-bond acceptors (Lipinski definition) is 2. The third-order valence-corrected chi connectivity index (χ3v) is 1.16. The van der Waals surface area contributed by atoms with Crippen LogP contribution in [0.4, 0.5) is 0 Å². The Morgan fingerprint density at radius 1 is 1.64 bits per heavy atom. The van der Waals surface area contributed by atoms with Gasteiger partial charge in [-0.2, -0.15) is 0 Å². The number of hydrogen-bond donors (Lipinski definition) is 2. The van der Waals surface area contributed by atoms with E-state index in [1.807, 2.05) is 20.8 Å². The molecule has 0 saturated heterocycles. The first-order valence-electron chi connectivity index (χ1n) is 3.71. The van der Waals surface area contributed by atoms with Crippen molar-refractivity contribution < 1.29 is 4.79 Å². The van der Waals surface area contributed by atoms with Crippen molar-refractivity contribution in [2.24, 2.45) is 5.73 Å². The molecule has 1 amide bonds. The Morgan fingerprint density at radius 2 is 2.18 bits per heavy atom. The molecule has 0 bridgehead atoms. The van der Waals surface area contributed by atoms with Gasteiger partial charge in [-0.15, -0.1) is 0 Å². The number of nitrogens with one attached hydrogen (secondary N) is 1. The summed E-state index contributed by atoms with van der Waals surface area (Å²) in [5, 5.41) is 2.72. The second kappa shape index (κ2) is 4.91. The molecule has 0 rings (SSSR count). The molecule has 1 atom stereocenters. The molecule has 3 heteroatoms. The van der Waals surface area contributed by atoms with Crippen LogP contribution in [0.3, 0.4) is 0 Å². The minimum atomic E-state index is -0.0667. The van der Waals surface area contributed by atoms with Gasteiger partial charge in [0, 0.05) is 18.7 Å². The van der Waals surface area contributed by atoms with Crippen LogP contribution < -0.4 is 11.1 Å². The predicted octanol–water partition coefficient (Wildman–Crippen LogP) is 0.416. The van der Waals surface area contributed by atoms with Gasteiger partial charge < -0.3 is 11.1 Å². The highest BCUT2D eigenvalue weighted by atomic mass is 16.1. The maximum Gasteiger partial charge on any atom is 0.244 e. The van der Waals surface area contributed by atoms with E-state index >= 15 is 0 Å². The lowest BCUT2D eigenvalue weighted by Crippen LogP contribution is -2.36. The average Bonchev–Trinajstić information content (AvgIpc) is 1.85. The third-order valence-electron chi connectivity index (χ3n) is 1.16. The van der Waals surface area contributed by atoms with Gasteiger partial charge in [0.1, 0.15) is 0 Å². The lowest BCUT2D eigenvalue weighted by molar-refractivity contribution is -0.117. The van der Waals surface area contributed by atoms with E-state index in [0.717, 1.165) is 5.57 Å². The zero-order valence-corrected chi connectivity index (χ0v) is 7.35. The van der Waals surface area contributed by atoms with E-state index < -0.39 is 0 Å². The number of rotatable bonds is 3. The number of allylic oxidation sites excluding steroid dienone is 1. The number of carbonyl (C=O) groups excluding carboxylic acids is 1. The minimum absolute atomic E-state index is 0.0538. The van der Waals surface area contributed by atoms with Crippen LogP contribution in [0.5, 0.6) is 0 Å². The standard InChI is InChI=1S/C8H16N2O/c1-6(2)4-8(11)10-7(3)5-9/h4,7H,5,9H2,1-3H3,(H,10,11)/t7-/m1/s1. The number of amides is 1. The van der Waals surface area contributed by atoms with Crippen molar-refractivity contribution in [3.63, 3.8) is 0 Å². The van der Waals surface area contributed by atoms with Crippen molar-refractivity contribution in [1.82, 2.24) is 5.32 Å². The summed E-state index contributed by atoms with van der Waals surface area (Å²) in [5.74, 6) is -0.0667. The van der Waals surface area contributed by atoms with E-state index in [1.165, 1.54) is 0 Å². The molecule has 0 aromatic rings. The third kappa shape index (κ3) is 5.61. The summed E-state index contributed by atoms with van der Waals surface area (Å²) in [6, 6.07) is 0.0538. The number of nitrogens with two attached hydrogens (primary N) is 1. The van der Waals surface area contributed by atoms with Crippen LogP contribution in [0, 0.1) is 0 Å². The molecule has 0 aliphatic rings. The maximum absolute atomic E-state index is 11.0. The molecule has 0 radical (unpaired) electrons. The summed E-state index contributed by atoms with van der Waals surface area (Å²) < 4.78 is 0. The quantitative estimate of drug-likeness (QED) is 0.582. The van der Waals surface area contributed by atoms with E-state index in [9.17, 15) is 4.79 Å². The SMILES string of the molecule is CC(C)=CC(=O)N[C@H](C)CN. The summed E-state index contributed by atoms with van der Waals surface area (Å²) in [4.78, 5) is 11.0. The van der Waals surface area contributed by atoms with E-state index in [1.54, 1.807) is 6.08 Å². The summed E-state index contributed by atoms with van der Waals surface area (Å²) in [6.07, 6.45) is 1.56. The first-order valence-corrected chi connectivity index (χ1v) is 3.71. The molecule has 0 aromatic heterocycles. The monoisotopic (exact) mass is 156 g/mol. The second-order valence-corrected chi connectivity index (χ2v) is 2.87. The number of carbonyl (C=O) groups is 1. The topological polar surface area (TPSA) is 55.1 Å². The fourth-order valence-electron chi connectivity index (χ4n) is 0.606. The van der Waals surface area contributed by atoms with E-state index in [0.29, 0.717) is 6.54 Å². The van der Waals surface area contributed by atoms with Crippen LogP contribution in [-0.2, 0) is 4.79 Å². The Bertz CT molecular complexity index is 159. The summed E-state index contributed by atoms with van der Waals surface area (Å²) in [5.41, 5.74) is 6.31. The molecular formula is C8H16N2O. The Labute approximate surface area is 67.7 Å². The van der Waals surface area contributed by atoms with Crippen molar-refractivity contribution in [3.05, 3.63) is 11.6 Å². The molecule has 0 aromatic carbocycles. The van der Waals surface area contributed by atoms with Gasteiger partial charge in [-0.25, -0.2) is 0 Å². The highest BCUT2D eigenvalue weighted by Gasteiger charge is 2.00. The van der Waals surface area contributed by atoms with Gasteiger partial charge >= 0.3 is 0 Å². The van der Waals surface area contributed by atoms with E-state index in [2.05, 4.69) is 5.32 Å². The normalized spacial score (nSPS) is 12.0. The van der Waals surface area contributed by atoms with Gasteiger partial charge in [0.25, 0.3) is 0 Å². The molecule has 0 aliphatic carbocycles. The van der Waals surface area contributed by atoms with Crippen molar-refractivity contribution in [2.75, 3.05) is 6.54 Å². The van der Waals surface area contributed by atoms with Crippen molar-refractivity contribution in [1.29, 1.82) is 0 Å². The Kier molecular flexibility index (Phi) is 4.54. The first kappa shape index (κ1) is 10.2. The molecule has 3 nitrogen and oxygen atoms in total. The molecule has 11 heavy (non-hydrogen) atoms. The lowest BCUT2D eigenvalue weighted by atomic mass is 10.3. The van der Waals surface area contributed by atoms with Crippen LogP contribution in [0.1, 0.15) is 20.8 Å². The molecule has 0 fully saturated rings. The molecule has 3 N–H and O–H groups in total. The summed E-state index contributed by atoms with van der Waals surface area (Å²) in [6.45, 7) is 6.11. The average molecular weight is 156 g/mol. The molecule has 0 heterocycles. The van der Waals surface area contributed by atoms with Crippen LogP contribution in [0.15, 0.2) is 11.6 Å². The van der Waals surface area contributed by atoms with Crippen molar-refractivity contribution in [3.8, 4) is 0 Å². The van der Waals surface area contributed by atoms with Crippen LogP contribution >= 0.6 is 0 Å².